The van der Waals surface area contributed by atoms with Gasteiger partial charge in [0.05, 0.1) is 28.4 Å². The molecule has 6 nitrogen and oxygen atoms in total. The van der Waals surface area contributed by atoms with E-state index >= 15 is 0 Å². The first kappa shape index (κ1) is 20.2. The molecule has 0 aliphatic heterocycles. The number of aromatic nitrogens is 2. The SMILES string of the molecule is CCS(=O)(=O)CC(C)N(C)C(=O)c1c(C)nn(-c2ccccc2C)c1C. The molecule has 26 heavy (non-hydrogen) atoms. The molecule has 0 aliphatic rings. The lowest BCUT2D eigenvalue weighted by Crippen LogP contribution is -2.40. The predicted molar refractivity (Wildman–Crippen MR) is 104 cm³/mol. The Bertz CT molecular complexity index is 916. The smallest absolute Gasteiger partial charge is 0.257 e. The summed E-state index contributed by atoms with van der Waals surface area (Å²) in [6.07, 6.45) is 0. The molecule has 0 saturated carbocycles. The number of benzene rings is 1. The van der Waals surface area contributed by atoms with Crippen LogP contribution in [0.25, 0.3) is 5.69 Å². The summed E-state index contributed by atoms with van der Waals surface area (Å²) in [5.41, 5.74) is 3.90. The van der Waals surface area contributed by atoms with Crippen molar-refractivity contribution in [3.8, 4) is 5.69 Å². The maximum Gasteiger partial charge on any atom is 0.257 e. The quantitative estimate of drug-likeness (QED) is 0.776. The summed E-state index contributed by atoms with van der Waals surface area (Å²) in [5, 5.41) is 4.55. The van der Waals surface area contributed by atoms with Gasteiger partial charge in [0.25, 0.3) is 5.91 Å². The highest BCUT2D eigenvalue weighted by Gasteiger charge is 2.27. The lowest BCUT2D eigenvalue weighted by molar-refractivity contribution is 0.0755. The Morgan fingerprint density at radius 3 is 2.42 bits per heavy atom. The highest BCUT2D eigenvalue weighted by atomic mass is 32.2. The molecule has 0 radical (unpaired) electrons. The van der Waals surface area contributed by atoms with Crippen molar-refractivity contribution in [2.24, 2.45) is 0 Å². The van der Waals surface area contributed by atoms with Gasteiger partial charge in [0.1, 0.15) is 0 Å². The minimum absolute atomic E-state index is 0.0459. The molecule has 0 spiro atoms. The van der Waals surface area contributed by atoms with Crippen molar-refractivity contribution in [3.63, 3.8) is 0 Å². The van der Waals surface area contributed by atoms with Gasteiger partial charge in [0.2, 0.25) is 0 Å². The number of sulfone groups is 1. The first-order valence-corrected chi connectivity index (χ1v) is 10.5. The number of amides is 1. The van der Waals surface area contributed by atoms with Crippen LogP contribution in [-0.2, 0) is 9.84 Å². The highest BCUT2D eigenvalue weighted by molar-refractivity contribution is 7.91. The number of rotatable bonds is 6. The second kappa shape index (κ2) is 7.61. The fourth-order valence-electron chi connectivity index (χ4n) is 2.96. The zero-order chi connectivity index (χ0) is 19.6. The van der Waals surface area contributed by atoms with Crippen LogP contribution in [0.15, 0.2) is 24.3 Å². The van der Waals surface area contributed by atoms with Crippen LogP contribution < -0.4 is 0 Å². The maximum absolute atomic E-state index is 13.0. The van der Waals surface area contributed by atoms with Crippen molar-refractivity contribution in [3.05, 3.63) is 46.8 Å². The number of carbonyl (C=O) groups is 1. The lowest BCUT2D eigenvalue weighted by atomic mass is 10.1. The van der Waals surface area contributed by atoms with Crippen molar-refractivity contribution < 1.29 is 13.2 Å². The number of nitrogens with zero attached hydrogens (tertiary/aromatic N) is 3. The van der Waals surface area contributed by atoms with Crippen LogP contribution >= 0.6 is 0 Å². The molecule has 1 amide bonds. The molecule has 1 unspecified atom stereocenters. The topological polar surface area (TPSA) is 72.3 Å². The second-order valence-electron chi connectivity index (χ2n) is 6.71. The predicted octanol–water partition coefficient (Wildman–Crippen LogP) is 2.69. The third kappa shape index (κ3) is 3.98. The number of hydrogen-bond donors (Lipinski definition) is 0. The second-order valence-corrected chi connectivity index (χ2v) is 9.11. The molecule has 2 rings (SSSR count). The molecule has 7 heteroatoms. The van der Waals surface area contributed by atoms with E-state index in [0.717, 1.165) is 16.9 Å². The van der Waals surface area contributed by atoms with E-state index in [1.165, 1.54) is 4.90 Å². The van der Waals surface area contributed by atoms with Crippen molar-refractivity contribution in [1.29, 1.82) is 0 Å². The van der Waals surface area contributed by atoms with Crippen LogP contribution in [0.5, 0.6) is 0 Å². The fraction of sp³-hybridized carbons (Fsp3) is 0.474. The minimum Gasteiger partial charge on any atom is -0.338 e. The molecule has 0 aliphatic carbocycles. The Kier molecular flexibility index (Phi) is 5.91. The van der Waals surface area contributed by atoms with Crippen LogP contribution in [0.4, 0.5) is 0 Å². The van der Waals surface area contributed by atoms with Crippen LogP contribution in [-0.4, -0.2) is 53.6 Å². The van der Waals surface area contributed by atoms with Gasteiger partial charge < -0.3 is 4.90 Å². The summed E-state index contributed by atoms with van der Waals surface area (Å²) in [4.78, 5) is 14.5. The summed E-state index contributed by atoms with van der Waals surface area (Å²) in [6.45, 7) is 9.03. The van der Waals surface area contributed by atoms with Crippen LogP contribution in [0, 0.1) is 20.8 Å². The highest BCUT2D eigenvalue weighted by Crippen LogP contribution is 2.22. The normalized spacial score (nSPS) is 12.8. The van der Waals surface area contributed by atoms with Crippen molar-refractivity contribution in [2.45, 2.75) is 40.7 Å². The summed E-state index contributed by atoms with van der Waals surface area (Å²) < 4.78 is 25.5. The van der Waals surface area contributed by atoms with Gasteiger partial charge >= 0.3 is 0 Å². The molecule has 0 bridgehead atoms. The number of aryl methyl sites for hydroxylation is 2. The van der Waals surface area contributed by atoms with Crippen LogP contribution in [0.2, 0.25) is 0 Å². The van der Waals surface area contributed by atoms with Crippen LogP contribution in [0.3, 0.4) is 0 Å². The Balaban J connectivity index is 2.37. The average molecular weight is 378 g/mol. The molecule has 1 atom stereocenters. The summed E-state index contributed by atoms with van der Waals surface area (Å²) in [6, 6.07) is 7.44. The standard InChI is InChI=1S/C19H27N3O3S/c1-7-26(24,25)12-14(3)21(6)19(23)18-15(4)20-22(16(18)5)17-11-9-8-10-13(17)2/h8-11,14H,7,12H2,1-6H3. The Labute approximate surface area is 155 Å². The monoisotopic (exact) mass is 377 g/mol. The van der Waals surface area contributed by atoms with Gasteiger partial charge in [-0.05, 0) is 39.3 Å². The van der Waals surface area contributed by atoms with E-state index < -0.39 is 15.9 Å². The summed E-state index contributed by atoms with van der Waals surface area (Å²) in [7, 11) is -1.52. The Morgan fingerprint density at radius 2 is 1.85 bits per heavy atom. The minimum atomic E-state index is -3.16. The fourth-order valence-corrected chi connectivity index (χ4v) is 4.16. The molecule has 1 heterocycles. The number of carbonyl (C=O) groups excluding carboxylic acids is 1. The third-order valence-electron chi connectivity index (χ3n) is 4.77. The van der Waals surface area contributed by atoms with Gasteiger partial charge in [-0.25, -0.2) is 13.1 Å². The molecule has 1 aromatic carbocycles. The average Bonchev–Trinajstić information content (AvgIpc) is 2.88. The number of hydrogen-bond acceptors (Lipinski definition) is 4. The number of para-hydroxylation sites is 1. The maximum atomic E-state index is 13.0. The van der Waals surface area contributed by atoms with E-state index in [0.29, 0.717) is 11.3 Å². The Morgan fingerprint density at radius 1 is 1.23 bits per heavy atom. The molecule has 0 N–H and O–H groups in total. The van der Waals surface area contributed by atoms with Gasteiger partial charge in [-0.3, -0.25) is 4.79 Å². The van der Waals surface area contributed by atoms with E-state index in [1.54, 1.807) is 32.5 Å². The zero-order valence-electron chi connectivity index (χ0n) is 16.3. The van der Waals surface area contributed by atoms with Crippen molar-refractivity contribution in [1.82, 2.24) is 14.7 Å². The molecule has 0 fully saturated rings. The molecular weight excluding hydrogens is 350 g/mol. The first-order valence-electron chi connectivity index (χ1n) is 8.68. The van der Waals surface area contributed by atoms with Crippen molar-refractivity contribution >= 4 is 15.7 Å². The van der Waals surface area contributed by atoms with E-state index in [2.05, 4.69) is 5.10 Å². The van der Waals surface area contributed by atoms with E-state index in [4.69, 9.17) is 0 Å². The van der Waals surface area contributed by atoms with Gasteiger partial charge in [-0.2, -0.15) is 5.10 Å². The largest absolute Gasteiger partial charge is 0.338 e. The van der Waals surface area contributed by atoms with Gasteiger partial charge in [-0.1, -0.05) is 25.1 Å². The summed E-state index contributed by atoms with van der Waals surface area (Å²) in [5.74, 6) is -0.183. The Hall–Kier alpha value is -2.15. The first-order chi connectivity index (χ1) is 12.1. The molecular formula is C19H27N3O3S. The van der Waals surface area contributed by atoms with Gasteiger partial charge in [0, 0.05) is 18.8 Å². The molecule has 142 valence electrons. The van der Waals surface area contributed by atoms with E-state index in [-0.39, 0.29) is 17.4 Å². The van der Waals surface area contributed by atoms with Gasteiger partial charge in [0.15, 0.2) is 9.84 Å². The molecule has 1 aromatic heterocycles. The van der Waals surface area contributed by atoms with E-state index in [1.807, 2.05) is 38.1 Å². The molecule has 2 aromatic rings. The molecule has 0 saturated heterocycles. The van der Waals surface area contributed by atoms with Gasteiger partial charge in [-0.15, -0.1) is 0 Å². The lowest BCUT2D eigenvalue weighted by Gasteiger charge is -2.25. The summed E-state index contributed by atoms with van der Waals surface area (Å²) >= 11 is 0. The third-order valence-corrected chi connectivity index (χ3v) is 6.64. The van der Waals surface area contributed by atoms with Crippen molar-refractivity contribution in [2.75, 3.05) is 18.6 Å². The van der Waals surface area contributed by atoms with E-state index in [9.17, 15) is 13.2 Å². The zero-order valence-corrected chi connectivity index (χ0v) is 17.1. The van der Waals surface area contributed by atoms with Crippen LogP contribution in [0.1, 0.15) is 41.2 Å².